The van der Waals surface area contributed by atoms with Gasteiger partial charge in [0, 0.05) is 17.3 Å². The zero-order chi connectivity index (χ0) is 17.5. The minimum Gasteiger partial charge on any atom is -0.469 e. The molecule has 128 valence electrons. The van der Waals surface area contributed by atoms with Crippen molar-refractivity contribution in [2.24, 2.45) is 4.99 Å². The van der Waals surface area contributed by atoms with Crippen LogP contribution in [0.2, 0.25) is 0 Å². The molecular formula is C19H16N6O. The van der Waals surface area contributed by atoms with E-state index < -0.39 is 0 Å². The second-order valence-corrected chi connectivity index (χ2v) is 6.32. The van der Waals surface area contributed by atoms with E-state index in [1.807, 2.05) is 42.1 Å². The van der Waals surface area contributed by atoms with Crippen molar-refractivity contribution < 1.29 is 4.42 Å². The number of nitrogens with one attached hydrogen (secondary N) is 1. The number of rotatable bonds is 3. The Morgan fingerprint density at radius 3 is 3.08 bits per heavy atom. The minimum atomic E-state index is 0.653. The molecule has 5 rings (SSSR count). The first kappa shape index (κ1) is 14.8. The number of fused-ring (bicyclic) bond motifs is 2. The van der Waals surface area contributed by atoms with Gasteiger partial charge >= 0.3 is 0 Å². The van der Waals surface area contributed by atoms with Crippen molar-refractivity contribution in [2.45, 2.75) is 20.0 Å². The molecule has 0 fully saturated rings. The molecule has 1 aliphatic rings. The quantitative estimate of drug-likeness (QED) is 0.617. The third-order valence-electron chi connectivity index (χ3n) is 4.32. The molecule has 0 unspecified atom stereocenters. The lowest BCUT2D eigenvalue weighted by molar-refractivity contribution is 0.529. The summed E-state index contributed by atoms with van der Waals surface area (Å²) in [5, 5.41) is 7.93. The molecule has 4 aromatic rings. The summed E-state index contributed by atoms with van der Waals surface area (Å²) in [5.74, 6) is 1.67. The van der Waals surface area contributed by atoms with Crippen LogP contribution in [0.1, 0.15) is 22.6 Å². The van der Waals surface area contributed by atoms with Crippen LogP contribution in [0.5, 0.6) is 0 Å². The summed E-state index contributed by atoms with van der Waals surface area (Å²) >= 11 is 0. The SMILES string of the molecule is Cc1cc(Cn2cc3ncc(NC4=NCc5cccnc54)cc3n2)co1. The molecule has 0 atom stereocenters. The summed E-state index contributed by atoms with van der Waals surface area (Å²) in [5.41, 5.74) is 5.63. The highest BCUT2D eigenvalue weighted by atomic mass is 16.3. The van der Waals surface area contributed by atoms with Crippen LogP contribution in [-0.2, 0) is 13.1 Å². The summed E-state index contributed by atoms with van der Waals surface area (Å²) in [6.07, 6.45) is 7.26. The summed E-state index contributed by atoms with van der Waals surface area (Å²) in [6.45, 7) is 3.24. The zero-order valence-electron chi connectivity index (χ0n) is 14.2. The van der Waals surface area contributed by atoms with Gasteiger partial charge in [0.05, 0.1) is 37.4 Å². The van der Waals surface area contributed by atoms with E-state index in [9.17, 15) is 0 Å². The fraction of sp³-hybridized carbons (Fsp3) is 0.158. The van der Waals surface area contributed by atoms with E-state index in [2.05, 4.69) is 25.4 Å². The lowest BCUT2D eigenvalue weighted by atomic mass is 10.2. The molecule has 26 heavy (non-hydrogen) atoms. The predicted octanol–water partition coefficient (Wildman–Crippen LogP) is 3.15. The molecule has 7 nitrogen and oxygen atoms in total. The van der Waals surface area contributed by atoms with E-state index in [-0.39, 0.29) is 0 Å². The third kappa shape index (κ3) is 2.63. The summed E-state index contributed by atoms with van der Waals surface area (Å²) in [4.78, 5) is 13.4. The number of amidine groups is 1. The molecule has 0 spiro atoms. The lowest BCUT2D eigenvalue weighted by Crippen LogP contribution is -2.13. The van der Waals surface area contributed by atoms with Gasteiger partial charge < -0.3 is 9.73 Å². The number of hydrogen-bond acceptors (Lipinski definition) is 6. The van der Waals surface area contributed by atoms with Crippen LogP contribution in [0.15, 0.2) is 58.5 Å². The van der Waals surface area contributed by atoms with Gasteiger partial charge in [0.15, 0.2) is 5.84 Å². The van der Waals surface area contributed by atoms with Gasteiger partial charge in [0.2, 0.25) is 0 Å². The highest BCUT2D eigenvalue weighted by Crippen LogP contribution is 2.20. The maximum atomic E-state index is 5.35. The first-order chi connectivity index (χ1) is 12.7. The van der Waals surface area contributed by atoms with Crippen LogP contribution < -0.4 is 5.32 Å². The van der Waals surface area contributed by atoms with Crippen molar-refractivity contribution in [1.82, 2.24) is 19.7 Å². The standard InChI is InChI=1S/C19H16N6O/c1-12-5-13(11-26-12)9-25-10-17-16(24-25)6-15(8-21-17)23-19-18-14(7-22-19)3-2-4-20-18/h2-6,8,10-11H,7,9H2,1H3,(H,22,23). The van der Waals surface area contributed by atoms with Gasteiger partial charge in [-0.3, -0.25) is 19.6 Å². The molecule has 1 aliphatic heterocycles. The maximum absolute atomic E-state index is 5.35. The van der Waals surface area contributed by atoms with E-state index >= 15 is 0 Å². The smallest absolute Gasteiger partial charge is 0.152 e. The number of furan rings is 1. The molecule has 1 N–H and O–H groups in total. The lowest BCUT2D eigenvalue weighted by Gasteiger charge is -2.06. The van der Waals surface area contributed by atoms with E-state index in [1.54, 1.807) is 18.7 Å². The summed E-state index contributed by atoms with van der Waals surface area (Å²) in [6, 6.07) is 7.96. The van der Waals surface area contributed by atoms with E-state index in [1.165, 1.54) is 0 Å². The Morgan fingerprint density at radius 1 is 1.23 bits per heavy atom. The normalized spacial score (nSPS) is 13.0. The molecule has 0 bridgehead atoms. The summed E-state index contributed by atoms with van der Waals surface area (Å²) < 4.78 is 7.22. The van der Waals surface area contributed by atoms with Gasteiger partial charge in [-0.1, -0.05) is 6.07 Å². The fourth-order valence-corrected chi connectivity index (χ4v) is 3.12. The molecular weight excluding hydrogens is 328 g/mol. The Labute approximate surface area is 149 Å². The summed E-state index contributed by atoms with van der Waals surface area (Å²) in [7, 11) is 0. The number of aryl methyl sites for hydroxylation is 1. The molecule has 0 aliphatic carbocycles. The van der Waals surface area contributed by atoms with Crippen molar-refractivity contribution >= 4 is 22.6 Å². The average molecular weight is 344 g/mol. The van der Waals surface area contributed by atoms with Crippen LogP contribution in [-0.4, -0.2) is 25.6 Å². The molecule has 0 aromatic carbocycles. The monoisotopic (exact) mass is 344 g/mol. The van der Waals surface area contributed by atoms with E-state index in [0.29, 0.717) is 13.1 Å². The topological polar surface area (TPSA) is 81.1 Å². The van der Waals surface area contributed by atoms with Gasteiger partial charge in [-0.05, 0) is 25.1 Å². The fourth-order valence-electron chi connectivity index (χ4n) is 3.12. The van der Waals surface area contributed by atoms with Crippen LogP contribution in [0.25, 0.3) is 11.0 Å². The molecule has 0 amide bonds. The number of nitrogens with zero attached hydrogens (tertiary/aromatic N) is 5. The largest absolute Gasteiger partial charge is 0.469 e. The Balaban J connectivity index is 1.40. The number of aromatic nitrogens is 4. The van der Waals surface area contributed by atoms with Crippen LogP contribution >= 0.6 is 0 Å². The van der Waals surface area contributed by atoms with E-state index in [4.69, 9.17) is 4.42 Å². The highest BCUT2D eigenvalue weighted by Gasteiger charge is 2.17. The molecule has 0 saturated heterocycles. The van der Waals surface area contributed by atoms with Crippen molar-refractivity contribution in [1.29, 1.82) is 0 Å². The van der Waals surface area contributed by atoms with Gasteiger partial charge in [0.1, 0.15) is 22.5 Å². The molecule has 4 aromatic heterocycles. The first-order valence-electron chi connectivity index (χ1n) is 8.37. The Hall–Kier alpha value is -3.48. The van der Waals surface area contributed by atoms with E-state index in [0.717, 1.165) is 45.1 Å². The Morgan fingerprint density at radius 2 is 2.19 bits per heavy atom. The molecule has 5 heterocycles. The predicted molar refractivity (Wildman–Crippen MR) is 98.2 cm³/mol. The van der Waals surface area contributed by atoms with Crippen molar-refractivity contribution in [2.75, 3.05) is 5.32 Å². The highest BCUT2D eigenvalue weighted by molar-refractivity contribution is 6.09. The Bertz CT molecular complexity index is 1140. The zero-order valence-corrected chi connectivity index (χ0v) is 14.2. The van der Waals surface area contributed by atoms with Crippen LogP contribution in [0.3, 0.4) is 0 Å². The molecule has 0 saturated carbocycles. The van der Waals surface area contributed by atoms with Crippen LogP contribution in [0.4, 0.5) is 5.69 Å². The van der Waals surface area contributed by atoms with Crippen molar-refractivity contribution in [3.05, 3.63) is 71.7 Å². The number of anilines is 1. The number of pyridine rings is 2. The van der Waals surface area contributed by atoms with Gasteiger partial charge in [-0.15, -0.1) is 0 Å². The van der Waals surface area contributed by atoms with Crippen LogP contribution in [0, 0.1) is 6.92 Å². The van der Waals surface area contributed by atoms with Crippen molar-refractivity contribution in [3.8, 4) is 0 Å². The number of aliphatic imine (C=N–C) groups is 1. The van der Waals surface area contributed by atoms with Crippen molar-refractivity contribution in [3.63, 3.8) is 0 Å². The maximum Gasteiger partial charge on any atom is 0.152 e. The second kappa shape index (κ2) is 5.80. The average Bonchev–Trinajstić information content (AvgIpc) is 3.34. The van der Waals surface area contributed by atoms with Gasteiger partial charge in [-0.25, -0.2) is 0 Å². The first-order valence-corrected chi connectivity index (χ1v) is 8.37. The third-order valence-corrected chi connectivity index (χ3v) is 4.32. The Kier molecular flexibility index (Phi) is 3.31. The van der Waals surface area contributed by atoms with Gasteiger partial charge in [0.25, 0.3) is 0 Å². The number of hydrogen-bond donors (Lipinski definition) is 1. The second-order valence-electron chi connectivity index (χ2n) is 6.32. The van der Waals surface area contributed by atoms with Gasteiger partial charge in [-0.2, -0.15) is 5.10 Å². The molecule has 0 radical (unpaired) electrons. The molecule has 7 heteroatoms. The minimum absolute atomic E-state index is 0.653.